The molecule has 1 rings (SSSR count). The lowest BCUT2D eigenvalue weighted by Gasteiger charge is -2.29. The van der Waals surface area contributed by atoms with Crippen molar-refractivity contribution >= 4 is 0 Å². The van der Waals surface area contributed by atoms with Crippen molar-refractivity contribution in [1.82, 2.24) is 14.7 Å². The van der Waals surface area contributed by atoms with Crippen molar-refractivity contribution in [1.29, 1.82) is 0 Å². The molecule has 1 fully saturated rings. The molecule has 0 atom stereocenters. The van der Waals surface area contributed by atoms with Crippen LogP contribution in [-0.2, 0) is 0 Å². The van der Waals surface area contributed by atoms with E-state index in [2.05, 4.69) is 77.0 Å². The first kappa shape index (κ1) is 24.9. The maximum Gasteiger partial charge on any atom is 0.0110 e. The maximum atomic E-state index is 2.73. The molecule has 1 heterocycles. The third-order valence-corrected chi connectivity index (χ3v) is 5.73. The van der Waals surface area contributed by atoms with Crippen molar-refractivity contribution in [3.8, 4) is 0 Å². The van der Waals surface area contributed by atoms with E-state index in [9.17, 15) is 0 Å². The van der Waals surface area contributed by atoms with Crippen LogP contribution in [0.4, 0.5) is 0 Å². The summed E-state index contributed by atoms with van der Waals surface area (Å²) in [7, 11) is 0. The average Bonchev–Trinajstić information content (AvgIpc) is 2.57. The van der Waals surface area contributed by atoms with Gasteiger partial charge in [0.15, 0.2) is 0 Å². The Morgan fingerprint density at radius 2 is 0.593 bits per heavy atom. The van der Waals surface area contributed by atoms with Crippen LogP contribution in [0.25, 0.3) is 0 Å². The van der Waals surface area contributed by atoms with Crippen LogP contribution in [0.15, 0.2) is 0 Å². The van der Waals surface area contributed by atoms with Crippen LogP contribution in [-0.4, -0.2) is 73.6 Å². The summed E-state index contributed by atoms with van der Waals surface area (Å²) in [6, 6.07) is 0. The molecule has 3 heteroatoms. The van der Waals surface area contributed by atoms with Gasteiger partial charge in [0, 0.05) is 39.3 Å². The average molecular weight is 382 g/mol. The molecule has 0 aliphatic carbocycles. The Bertz CT molecular complexity index is 324. The molecule has 162 valence electrons. The first-order valence-corrected chi connectivity index (χ1v) is 11.4. The van der Waals surface area contributed by atoms with Crippen molar-refractivity contribution in [2.75, 3.05) is 58.9 Å². The predicted octanol–water partition coefficient (Wildman–Crippen LogP) is 5.21. The maximum absolute atomic E-state index is 2.73. The van der Waals surface area contributed by atoms with Gasteiger partial charge in [0.25, 0.3) is 0 Å². The Labute approximate surface area is 171 Å². The van der Waals surface area contributed by atoms with Gasteiger partial charge in [-0.2, -0.15) is 0 Å². The minimum absolute atomic E-state index is 0.427. The van der Waals surface area contributed by atoms with Crippen LogP contribution in [0.3, 0.4) is 0 Å². The van der Waals surface area contributed by atoms with Gasteiger partial charge in [0.1, 0.15) is 0 Å². The highest BCUT2D eigenvalue weighted by Crippen LogP contribution is 2.21. The summed E-state index contributed by atoms with van der Waals surface area (Å²) in [4.78, 5) is 8.18. The number of rotatable bonds is 6. The van der Waals surface area contributed by atoms with Gasteiger partial charge >= 0.3 is 0 Å². The molecule has 0 aromatic heterocycles. The molecule has 0 bridgehead atoms. The highest BCUT2D eigenvalue weighted by Gasteiger charge is 2.21. The standard InChI is InChI=1S/C24H51N3/c1-22(2,3)10-13-25-16-18-26(14-11-23(4,5)6)20-21-27(19-17-25)15-12-24(7,8)9/h10-21H2,1-9H3. The number of hydrogen-bond acceptors (Lipinski definition) is 3. The monoisotopic (exact) mass is 381 g/mol. The van der Waals surface area contributed by atoms with E-state index in [4.69, 9.17) is 0 Å². The Kier molecular flexibility index (Phi) is 9.78. The molecule has 0 radical (unpaired) electrons. The van der Waals surface area contributed by atoms with E-state index in [1.165, 1.54) is 78.2 Å². The van der Waals surface area contributed by atoms with Crippen molar-refractivity contribution in [2.24, 2.45) is 16.2 Å². The van der Waals surface area contributed by atoms with Gasteiger partial charge < -0.3 is 14.7 Å². The third-order valence-electron chi connectivity index (χ3n) is 5.73. The van der Waals surface area contributed by atoms with Gasteiger partial charge in [-0.25, -0.2) is 0 Å². The van der Waals surface area contributed by atoms with Crippen LogP contribution in [0, 0.1) is 16.2 Å². The molecule has 1 saturated heterocycles. The van der Waals surface area contributed by atoms with Crippen LogP contribution in [0.5, 0.6) is 0 Å². The largest absolute Gasteiger partial charge is 0.301 e. The second-order valence-corrected chi connectivity index (χ2v) is 12.5. The molecule has 0 N–H and O–H groups in total. The van der Waals surface area contributed by atoms with Crippen LogP contribution >= 0.6 is 0 Å². The van der Waals surface area contributed by atoms with E-state index >= 15 is 0 Å². The smallest absolute Gasteiger partial charge is 0.0110 e. The summed E-state index contributed by atoms with van der Waals surface area (Å²) in [5, 5.41) is 0. The number of hydrogen-bond donors (Lipinski definition) is 0. The summed E-state index contributed by atoms with van der Waals surface area (Å²) in [6.45, 7) is 32.4. The van der Waals surface area contributed by atoms with Gasteiger partial charge in [-0.15, -0.1) is 0 Å². The van der Waals surface area contributed by atoms with Crippen molar-refractivity contribution in [3.05, 3.63) is 0 Å². The molecule has 27 heavy (non-hydrogen) atoms. The Balaban J connectivity index is 2.69. The van der Waals surface area contributed by atoms with Gasteiger partial charge in [0.2, 0.25) is 0 Å². The van der Waals surface area contributed by atoms with Gasteiger partial charge in [0.05, 0.1) is 0 Å². The molecule has 0 saturated carbocycles. The normalized spacial score (nSPS) is 20.3. The second-order valence-electron chi connectivity index (χ2n) is 12.5. The zero-order chi connectivity index (χ0) is 20.7. The van der Waals surface area contributed by atoms with E-state index < -0.39 is 0 Å². The van der Waals surface area contributed by atoms with Crippen LogP contribution < -0.4 is 0 Å². The minimum Gasteiger partial charge on any atom is -0.301 e. The molecule has 1 aliphatic heterocycles. The molecule has 0 aromatic carbocycles. The highest BCUT2D eigenvalue weighted by atomic mass is 15.3. The Hall–Kier alpha value is -0.120. The van der Waals surface area contributed by atoms with Crippen molar-refractivity contribution in [2.45, 2.75) is 81.6 Å². The van der Waals surface area contributed by atoms with Gasteiger partial charge in [-0.1, -0.05) is 62.3 Å². The summed E-state index contributed by atoms with van der Waals surface area (Å²) >= 11 is 0. The van der Waals surface area contributed by atoms with Crippen LogP contribution in [0.1, 0.15) is 81.6 Å². The van der Waals surface area contributed by atoms with E-state index in [-0.39, 0.29) is 0 Å². The molecule has 0 aromatic rings. The lowest BCUT2D eigenvalue weighted by Crippen LogP contribution is -2.38. The van der Waals surface area contributed by atoms with Gasteiger partial charge in [-0.3, -0.25) is 0 Å². The summed E-state index contributed by atoms with van der Waals surface area (Å²) in [6.07, 6.45) is 3.87. The van der Waals surface area contributed by atoms with Crippen LogP contribution in [0.2, 0.25) is 0 Å². The van der Waals surface area contributed by atoms with E-state index in [1.807, 2.05) is 0 Å². The molecule has 3 nitrogen and oxygen atoms in total. The topological polar surface area (TPSA) is 9.72 Å². The highest BCUT2D eigenvalue weighted by molar-refractivity contribution is 4.76. The summed E-state index contributed by atoms with van der Waals surface area (Å²) in [5.74, 6) is 0. The van der Waals surface area contributed by atoms with E-state index in [1.54, 1.807) is 0 Å². The lowest BCUT2D eigenvalue weighted by atomic mass is 9.92. The van der Waals surface area contributed by atoms with E-state index in [0.717, 1.165) is 0 Å². The Morgan fingerprint density at radius 1 is 0.407 bits per heavy atom. The van der Waals surface area contributed by atoms with Crippen molar-refractivity contribution in [3.63, 3.8) is 0 Å². The lowest BCUT2D eigenvalue weighted by molar-refractivity contribution is 0.184. The quantitative estimate of drug-likeness (QED) is 0.625. The van der Waals surface area contributed by atoms with Crippen molar-refractivity contribution < 1.29 is 0 Å². The fourth-order valence-corrected chi connectivity index (χ4v) is 3.34. The molecule has 0 unspecified atom stereocenters. The molecule has 1 aliphatic rings. The fraction of sp³-hybridized carbons (Fsp3) is 1.00. The zero-order valence-corrected chi connectivity index (χ0v) is 20.3. The third kappa shape index (κ3) is 13.7. The SMILES string of the molecule is CC(C)(C)CCN1CCN(CCC(C)(C)C)CCN(CCC(C)(C)C)CC1. The molecular weight excluding hydrogens is 330 g/mol. The first-order valence-electron chi connectivity index (χ1n) is 11.4. The summed E-state index contributed by atoms with van der Waals surface area (Å²) < 4.78 is 0. The molecule has 0 amide bonds. The number of nitrogens with zero attached hydrogens (tertiary/aromatic N) is 3. The fourth-order valence-electron chi connectivity index (χ4n) is 3.34. The van der Waals surface area contributed by atoms with Gasteiger partial charge in [-0.05, 0) is 55.1 Å². The summed E-state index contributed by atoms with van der Waals surface area (Å²) in [5.41, 5.74) is 1.28. The first-order chi connectivity index (χ1) is 12.2. The second kappa shape index (κ2) is 10.6. The molecule has 0 spiro atoms. The van der Waals surface area contributed by atoms with E-state index in [0.29, 0.717) is 16.2 Å². The Morgan fingerprint density at radius 3 is 0.741 bits per heavy atom. The zero-order valence-electron chi connectivity index (χ0n) is 20.3. The predicted molar refractivity (Wildman–Crippen MR) is 122 cm³/mol. The minimum atomic E-state index is 0.427. The molecular formula is C24H51N3.